The topological polar surface area (TPSA) is 72.5 Å². The molecule has 0 aliphatic carbocycles. The Morgan fingerprint density at radius 2 is 1.82 bits per heavy atom. The number of ketones is 1. The van der Waals surface area contributed by atoms with Crippen LogP contribution in [0.3, 0.4) is 0 Å². The maximum atomic E-state index is 12.2. The van der Waals surface area contributed by atoms with Gasteiger partial charge >= 0.3 is 0 Å². The van der Waals surface area contributed by atoms with Crippen molar-refractivity contribution in [1.82, 2.24) is 4.72 Å². The Balaban J connectivity index is 2.11. The van der Waals surface area contributed by atoms with Crippen molar-refractivity contribution in [3.63, 3.8) is 0 Å². The Morgan fingerprint density at radius 1 is 1.14 bits per heavy atom. The van der Waals surface area contributed by atoms with Crippen LogP contribution in [0.15, 0.2) is 53.4 Å². The van der Waals surface area contributed by atoms with Gasteiger partial charge in [-0.2, -0.15) is 0 Å². The number of hydrogen-bond donors (Lipinski definition) is 1. The first kappa shape index (κ1) is 16.2. The standard InChI is InChI=1S/C16H17NO4S/c1-12(18)14-6-8-16(9-7-14)22(19,20)17-11-13-4-3-5-15(10-13)21-2/h3-10,17H,11H2,1-2H3. The Bertz CT molecular complexity index is 767. The predicted octanol–water partition coefficient (Wildman–Crippen LogP) is 2.38. The number of rotatable bonds is 6. The van der Waals surface area contributed by atoms with Gasteiger partial charge in [0.2, 0.25) is 10.0 Å². The average Bonchev–Trinajstić information content (AvgIpc) is 2.53. The molecule has 0 aliphatic heterocycles. The highest BCUT2D eigenvalue weighted by Crippen LogP contribution is 2.14. The Hall–Kier alpha value is -2.18. The van der Waals surface area contributed by atoms with E-state index in [-0.39, 0.29) is 17.2 Å². The third-order valence-electron chi connectivity index (χ3n) is 3.17. The third kappa shape index (κ3) is 3.93. The van der Waals surface area contributed by atoms with Gasteiger partial charge in [-0.05, 0) is 36.8 Å². The Kier molecular flexibility index (Phi) is 4.95. The van der Waals surface area contributed by atoms with Crippen molar-refractivity contribution < 1.29 is 17.9 Å². The normalized spacial score (nSPS) is 11.2. The second kappa shape index (κ2) is 6.72. The second-order valence-electron chi connectivity index (χ2n) is 4.76. The first-order valence-electron chi connectivity index (χ1n) is 6.66. The fraction of sp³-hybridized carbons (Fsp3) is 0.188. The number of Topliss-reactive ketones (excluding diaryl/α,β-unsaturated/α-hetero) is 1. The molecular formula is C16H17NO4S. The average molecular weight is 319 g/mol. The molecule has 0 atom stereocenters. The van der Waals surface area contributed by atoms with Crippen LogP contribution in [0, 0.1) is 0 Å². The monoisotopic (exact) mass is 319 g/mol. The lowest BCUT2D eigenvalue weighted by Gasteiger charge is -2.08. The molecule has 0 fully saturated rings. The summed E-state index contributed by atoms with van der Waals surface area (Å²) in [5.41, 5.74) is 1.27. The molecule has 0 aromatic heterocycles. The molecule has 2 aromatic carbocycles. The van der Waals surface area contributed by atoms with Gasteiger partial charge in [-0.15, -0.1) is 0 Å². The summed E-state index contributed by atoms with van der Waals surface area (Å²) in [6.07, 6.45) is 0. The number of benzene rings is 2. The minimum atomic E-state index is -3.62. The molecule has 5 nitrogen and oxygen atoms in total. The van der Waals surface area contributed by atoms with E-state index in [0.717, 1.165) is 5.56 Å². The minimum Gasteiger partial charge on any atom is -0.497 e. The lowest BCUT2D eigenvalue weighted by molar-refractivity contribution is 0.101. The van der Waals surface area contributed by atoms with Crippen LogP contribution in [-0.2, 0) is 16.6 Å². The maximum Gasteiger partial charge on any atom is 0.240 e. The van der Waals surface area contributed by atoms with Crippen molar-refractivity contribution in [2.24, 2.45) is 0 Å². The molecule has 1 N–H and O–H groups in total. The van der Waals surface area contributed by atoms with Crippen molar-refractivity contribution in [2.45, 2.75) is 18.4 Å². The van der Waals surface area contributed by atoms with E-state index in [1.165, 1.54) is 31.2 Å². The summed E-state index contributed by atoms with van der Waals surface area (Å²) in [7, 11) is -2.07. The van der Waals surface area contributed by atoms with E-state index in [0.29, 0.717) is 11.3 Å². The van der Waals surface area contributed by atoms with Crippen LogP contribution in [0.5, 0.6) is 5.75 Å². The van der Waals surface area contributed by atoms with Gasteiger partial charge in [0.05, 0.1) is 12.0 Å². The molecule has 0 unspecified atom stereocenters. The van der Waals surface area contributed by atoms with Crippen LogP contribution in [0.4, 0.5) is 0 Å². The smallest absolute Gasteiger partial charge is 0.240 e. The molecule has 116 valence electrons. The SMILES string of the molecule is COc1cccc(CNS(=O)(=O)c2ccc(C(C)=O)cc2)c1. The fourth-order valence-corrected chi connectivity index (χ4v) is 2.93. The van der Waals surface area contributed by atoms with Gasteiger partial charge in [-0.1, -0.05) is 24.3 Å². The highest BCUT2D eigenvalue weighted by molar-refractivity contribution is 7.89. The van der Waals surface area contributed by atoms with E-state index in [4.69, 9.17) is 4.74 Å². The van der Waals surface area contributed by atoms with Crippen molar-refractivity contribution in [2.75, 3.05) is 7.11 Å². The van der Waals surface area contributed by atoms with E-state index in [9.17, 15) is 13.2 Å². The largest absolute Gasteiger partial charge is 0.497 e. The zero-order valence-corrected chi connectivity index (χ0v) is 13.2. The van der Waals surface area contributed by atoms with Crippen molar-refractivity contribution >= 4 is 15.8 Å². The summed E-state index contributed by atoms with van der Waals surface area (Å²) in [6.45, 7) is 1.60. The first-order valence-corrected chi connectivity index (χ1v) is 8.14. The lowest BCUT2D eigenvalue weighted by Crippen LogP contribution is -2.23. The van der Waals surface area contributed by atoms with Gasteiger partial charge in [0.1, 0.15) is 5.75 Å². The summed E-state index contributed by atoms with van der Waals surface area (Å²) in [5.74, 6) is 0.566. The molecule has 2 aromatic rings. The third-order valence-corrected chi connectivity index (χ3v) is 4.59. The maximum absolute atomic E-state index is 12.2. The van der Waals surface area contributed by atoms with Crippen LogP contribution in [0.1, 0.15) is 22.8 Å². The molecule has 0 amide bonds. The van der Waals surface area contributed by atoms with Crippen LogP contribution >= 0.6 is 0 Å². The number of methoxy groups -OCH3 is 1. The highest BCUT2D eigenvalue weighted by Gasteiger charge is 2.14. The predicted molar refractivity (Wildman–Crippen MR) is 83.5 cm³/mol. The summed E-state index contributed by atoms with van der Waals surface area (Å²) >= 11 is 0. The number of ether oxygens (including phenoxy) is 1. The summed E-state index contributed by atoms with van der Waals surface area (Å²) < 4.78 is 32.0. The van der Waals surface area contributed by atoms with Gasteiger partial charge in [-0.3, -0.25) is 4.79 Å². The Labute approximate surface area is 130 Å². The van der Waals surface area contributed by atoms with Gasteiger partial charge in [0.25, 0.3) is 0 Å². The van der Waals surface area contributed by atoms with E-state index >= 15 is 0 Å². The van der Waals surface area contributed by atoms with E-state index in [1.807, 2.05) is 6.07 Å². The van der Waals surface area contributed by atoms with Gasteiger partial charge in [0, 0.05) is 12.1 Å². The van der Waals surface area contributed by atoms with Crippen molar-refractivity contribution in [1.29, 1.82) is 0 Å². The van der Waals surface area contributed by atoms with Gasteiger partial charge in [-0.25, -0.2) is 13.1 Å². The molecule has 0 bridgehead atoms. The molecule has 0 saturated carbocycles. The molecule has 0 radical (unpaired) electrons. The molecule has 22 heavy (non-hydrogen) atoms. The van der Waals surface area contributed by atoms with Gasteiger partial charge in [0.15, 0.2) is 5.78 Å². The van der Waals surface area contributed by atoms with E-state index in [2.05, 4.69) is 4.72 Å². The highest BCUT2D eigenvalue weighted by atomic mass is 32.2. The number of hydrogen-bond acceptors (Lipinski definition) is 4. The summed E-state index contributed by atoms with van der Waals surface area (Å²) in [6, 6.07) is 13.0. The zero-order chi connectivity index (χ0) is 16.2. The fourth-order valence-electron chi connectivity index (χ4n) is 1.91. The molecule has 0 heterocycles. The number of nitrogens with one attached hydrogen (secondary N) is 1. The van der Waals surface area contributed by atoms with E-state index in [1.54, 1.807) is 25.3 Å². The number of carbonyl (C=O) groups excluding carboxylic acids is 1. The first-order chi connectivity index (χ1) is 10.4. The summed E-state index contributed by atoms with van der Waals surface area (Å²) in [5, 5.41) is 0. The molecule has 2 rings (SSSR count). The van der Waals surface area contributed by atoms with Crippen molar-refractivity contribution in [3.8, 4) is 5.75 Å². The minimum absolute atomic E-state index is 0.103. The van der Waals surface area contributed by atoms with Crippen LogP contribution < -0.4 is 9.46 Å². The van der Waals surface area contributed by atoms with Crippen LogP contribution in [-0.4, -0.2) is 21.3 Å². The second-order valence-corrected chi connectivity index (χ2v) is 6.52. The number of sulfonamides is 1. The van der Waals surface area contributed by atoms with Crippen LogP contribution in [0.25, 0.3) is 0 Å². The molecule has 0 aliphatic rings. The molecule has 0 spiro atoms. The molecule has 6 heteroatoms. The zero-order valence-electron chi connectivity index (χ0n) is 12.4. The molecular weight excluding hydrogens is 302 g/mol. The quantitative estimate of drug-likeness (QED) is 0.830. The summed E-state index contributed by atoms with van der Waals surface area (Å²) in [4.78, 5) is 11.3. The van der Waals surface area contributed by atoms with Crippen LogP contribution in [0.2, 0.25) is 0 Å². The Morgan fingerprint density at radius 3 is 2.41 bits per heavy atom. The lowest BCUT2D eigenvalue weighted by atomic mass is 10.2. The molecule has 0 saturated heterocycles. The number of carbonyl (C=O) groups is 1. The van der Waals surface area contributed by atoms with Crippen molar-refractivity contribution in [3.05, 3.63) is 59.7 Å². The van der Waals surface area contributed by atoms with E-state index < -0.39 is 10.0 Å². The van der Waals surface area contributed by atoms with Gasteiger partial charge < -0.3 is 4.74 Å².